The molecule has 2 aromatic rings. The number of rotatable bonds is 2. The summed E-state index contributed by atoms with van der Waals surface area (Å²) in [4.78, 5) is 4.71. The Morgan fingerprint density at radius 3 is 2.41 bits per heavy atom. The van der Waals surface area contributed by atoms with E-state index in [9.17, 15) is 0 Å². The molecule has 0 atom stereocenters. The topological polar surface area (TPSA) is 38.9 Å². The van der Waals surface area contributed by atoms with Gasteiger partial charge in [-0.2, -0.15) is 0 Å². The average Bonchev–Trinajstić information content (AvgIpc) is 2.27. The van der Waals surface area contributed by atoms with Crippen LogP contribution in [0.4, 0.5) is 5.69 Å². The summed E-state index contributed by atoms with van der Waals surface area (Å²) >= 11 is 0. The molecule has 0 unspecified atom stereocenters. The highest BCUT2D eigenvalue weighted by atomic mass is 31.1. The molecule has 2 rings (SSSR count). The number of anilines is 1. The molecule has 0 spiro atoms. The van der Waals surface area contributed by atoms with E-state index in [-0.39, 0.29) is 7.92 Å². The second-order valence-corrected chi connectivity index (χ2v) is 7.09. The van der Waals surface area contributed by atoms with Gasteiger partial charge < -0.3 is 5.73 Å². The van der Waals surface area contributed by atoms with E-state index in [2.05, 4.69) is 39.3 Å². The fourth-order valence-electron chi connectivity index (χ4n) is 2.04. The maximum atomic E-state index is 6.07. The zero-order valence-electron chi connectivity index (χ0n) is 10.9. The van der Waals surface area contributed by atoms with Gasteiger partial charge in [0.25, 0.3) is 0 Å². The lowest BCUT2D eigenvalue weighted by Crippen LogP contribution is -2.09. The first-order valence-electron chi connectivity index (χ1n) is 5.87. The van der Waals surface area contributed by atoms with Crippen LogP contribution in [0, 0.1) is 0 Å². The van der Waals surface area contributed by atoms with E-state index < -0.39 is 0 Å². The summed E-state index contributed by atoms with van der Waals surface area (Å²) < 4.78 is 0. The third kappa shape index (κ3) is 2.28. The van der Waals surface area contributed by atoms with E-state index in [4.69, 9.17) is 10.7 Å². The lowest BCUT2D eigenvalue weighted by molar-refractivity contribution is 0.830. The van der Waals surface area contributed by atoms with Gasteiger partial charge in [0, 0.05) is 22.1 Å². The first-order chi connectivity index (χ1) is 8.00. The predicted octanol–water partition coefficient (Wildman–Crippen LogP) is 3.31. The van der Waals surface area contributed by atoms with Crippen molar-refractivity contribution in [1.82, 2.24) is 4.98 Å². The fraction of sp³-hybridized carbons (Fsp3) is 0.357. The molecule has 0 aliphatic rings. The van der Waals surface area contributed by atoms with Crippen molar-refractivity contribution >= 4 is 29.8 Å². The van der Waals surface area contributed by atoms with Crippen molar-refractivity contribution in [1.29, 1.82) is 0 Å². The van der Waals surface area contributed by atoms with Gasteiger partial charge in [-0.3, -0.25) is 4.98 Å². The maximum absolute atomic E-state index is 6.07. The first kappa shape index (κ1) is 12.3. The van der Waals surface area contributed by atoms with Gasteiger partial charge in [0.05, 0.1) is 5.52 Å². The smallest absolute Gasteiger partial charge is 0.0713 e. The summed E-state index contributed by atoms with van der Waals surface area (Å²) in [5.41, 5.74) is 9.18. The van der Waals surface area contributed by atoms with E-state index >= 15 is 0 Å². The Kier molecular flexibility index (Phi) is 3.35. The summed E-state index contributed by atoms with van der Waals surface area (Å²) in [6.45, 7) is 8.80. The molecule has 2 nitrogen and oxygen atoms in total. The molecule has 0 aliphatic heterocycles. The summed E-state index contributed by atoms with van der Waals surface area (Å²) in [5, 5.41) is 2.49. The molecule has 0 aliphatic carbocycles. The van der Waals surface area contributed by atoms with Crippen LogP contribution < -0.4 is 11.0 Å². The summed E-state index contributed by atoms with van der Waals surface area (Å²) in [5.74, 6) is 0.463. The standard InChI is InChI=1S/C14H19N2P/c1-9(2)12-7-5-10-13(16-12)8-6-11(15)14(10)17(3)4/h5-9H,15H2,1-4H3. The second-order valence-electron chi connectivity index (χ2n) is 4.86. The number of nitrogen functional groups attached to an aromatic ring is 1. The Bertz CT molecular complexity index is 547. The molecule has 1 heterocycles. The third-order valence-corrected chi connectivity index (χ3v) is 4.33. The van der Waals surface area contributed by atoms with Crippen molar-refractivity contribution in [3.8, 4) is 0 Å². The summed E-state index contributed by atoms with van der Waals surface area (Å²) in [6, 6.07) is 8.30. The predicted molar refractivity (Wildman–Crippen MR) is 78.6 cm³/mol. The van der Waals surface area contributed by atoms with Crippen LogP contribution in [-0.4, -0.2) is 18.3 Å². The molecule has 1 aromatic carbocycles. The lowest BCUT2D eigenvalue weighted by atomic mass is 10.1. The van der Waals surface area contributed by atoms with E-state index in [0.29, 0.717) is 5.92 Å². The Labute approximate surface area is 104 Å². The molecule has 0 radical (unpaired) electrons. The van der Waals surface area contributed by atoms with Crippen LogP contribution in [0.15, 0.2) is 24.3 Å². The van der Waals surface area contributed by atoms with Crippen molar-refractivity contribution in [2.24, 2.45) is 0 Å². The molecule has 0 fully saturated rings. The Morgan fingerprint density at radius 1 is 1.12 bits per heavy atom. The number of nitrogens with zero attached hydrogens (tertiary/aromatic N) is 1. The molecule has 0 bridgehead atoms. The minimum atomic E-state index is -0.206. The SMILES string of the molecule is CC(C)c1ccc2c(P(C)C)c(N)ccc2n1. The van der Waals surface area contributed by atoms with Crippen molar-refractivity contribution in [2.45, 2.75) is 19.8 Å². The van der Waals surface area contributed by atoms with Gasteiger partial charge in [0.1, 0.15) is 0 Å². The fourth-order valence-corrected chi connectivity index (χ4v) is 3.30. The molecule has 90 valence electrons. The number of nitrogens with two attached hydrogens (primary N) is 1. The monoisotopic (exact) mass is 246 g/mol. The maximum Gasteiger partial charge on any atom is 0.0713 e. The van der Waals surface area contributed by atoms with E-state index in [1.165, 1.54) is 10.7 Å². The Balaban J connectivity index is 2.71. The van der Waals surface area contributed by atoms with Crippen LogP contribution in [0.5, 0.6) is 0 Å². The van der Waals surface area contributed by atoms with Crippen molar-refractivity contribution < 1.29 is 0 Å². The third-order valence-electron chi connectivity index (χ3n) is 2.93. The summed E-state index contributed by atoms with van der Waals surface area (Å²) in [6.07, 6.45) is 0. The molecule has 17 heavy (non-hydrogen) atoms. The highest BCUT2D eigenvalue weighted by Gasteiger charge is 2.11. The van der Waals surface area contributed by atoms with Crippen molar-refractivity contribution in [3.63, 3.8) is 0 Å². The van der Waals surface area contributed by atoms with Gasteiger partial charge in [0.15, 0.2) is 0 Å². The van der Waals surface area contributed by atoms with Gasteiger partial charge in [0.2, 0.25) is 0 Å². The highest BCUT2D eigenvalue weighted by molar-refractivity contribution is 7.65. The van der Waals surface area contributed by atoms with Gasteiger partial charge in [-0.25, -0.2) is 0 Å². The zero-order valence-corrected chi connectivity index (χ0v) is 11.8. The number of pyridine rings is 1. The molecule has 2 N–H and O–H groups in total. The van der Waals surface area contributed by atoms with Crippen LogP contribution in [0.25, 0.3) is 10.9 Å². The number of hydrogen-bond donors (Lipinski definition) is 1. The van der Waals surface area contributed by atoms with Crippen LogP contribution in [0.2, 0.25) is 0 Å². The molecule has 3 heteroatoms. The largest absolute Gasteiger partial charge is 0.398 e. The van der Waals surface area contributed by atoms with E-state index in [0.717, 1.165) is 16.9 Å². The molecular weight excluding hydrogens is 227 g/mol. The first-order valence-corrected chi connectivity index (χ1v) is 8.10. The number of fused-ring (bicyclic) bond motifs is 1. The van der Waals surface area contributed by atoms with Crippen LogP contribution in [0.1, 0.15) is 25.5 Å². The minimum Gasteiger partial charge on any atom is -0.398 e. The van der Waals surface area contributed by atoms with Crippen LogP contribution >= 0.6 is 7.92 Å². The van der Waals surface area contributed by atoms with E-state index in [1.54, 1.807) is 0 Å². The van der Waals surface area contributed by atoms with Crippen LogP contribution in [0.3, 0.4) is 0 Å². The van der Waals surface area contributed by atoms with Gasteiger partial charge >= 0.3 is 0 Å². The van der Waals surface area contributed by atoms with Gasteiger partial charge in [-0.1, -0.05) is 27.8 Å². The summed E-state index contributed by atoms with van der Waals surface area (Å²) in [7, 11) is -0.206. The Morgan fingerprint density at radius 2 is 1.82 bits per heavy atom. The highest BCUT2D eigenvalue weighted by Crippen LogP contribution is 2.32. The molecule has 0 saturated carbocycles. The normalized spacial score (nSPS) is 11.6. The average molecular weight is 246 g/mol. The van der Waals surface area contributed by atoms with Crippen molar-refractivity contribution in [2.75, 3.05) is 19.1 Å². The zero-order chi connectivity index (χ0) is 12.6. The molecule has 1 aromatic heterocycles. The molecule has 0 saturated heterocycles. The number of benzene rings is 1. The van der Waals surface area contributed by atoms with Gasteiger partial charge in [-0.15, -0.1) is 0 Å². The van der Waals surface area contributed by atoms with Crippen molar-refractivity contribution in [3.05, 3.63) is 30.0 Å². The molecule has 0 amide bonds. The quantitative estimate of drug-likeness (QED) is 0.652. The second kappa shape index (κ2) is 4.62. The molecular formula is C14H19N2P. The number of aromatic nitrogens is 1. The Hall–Kier alpha value is -1.14. The number of hydrogen-bond acceptors (Lipinski definition) is 2. The minimum absolute atomic E-state index is 0.206. The van der Waals surface area contributed by atoms with E-state index in [1.807, 2.05) is 12.1 Å². The van der Waals surface area contributed by atoms with Gasteiger partial charge in [-0.05, 0) is 37.4 Å². The lowest BCUT2D eigenvalue weighted by Gasteiger charge is -2.14. The van der Waals surface area contributed by atoms with Crippen LogP contribution in [-0.2, 0) is 0 Å².